The molecule has 6 nitrogen and oxygen atoms in total. The highest BCUT2D eigenvalue weighted by molar-refractivity contribution is 7.99. The molecule has 2 rings (SSSR count). The van der Waals surface area contributed by atoms with Gasteiger partial charge >= 0.3 is 11.1 Å². The van der Waals surface area contributed by atoms with Gasteiger partial charge in [-0.3, -0.25) is 24.2 Å². The quantitative estimate of drug-likeness (QED) is 0.677. The molecule has 0 amide bonds. The summed E-state index contributed by atoms with van der Waals surface area (Å²) in [4.78, 5) is 37.4. The summed E-state index contributed by atoms with van der Waals surface area (Å²) >= 11 is 6.93. The number of halogens is 1. The van der Waals surface area contributed by atoms with Crippen molar-refractivity contribution in [2.45, 2.75) is 10.1 Å². The lowest BCUT2D eigenvalue weighted by Gasteiger charge is -2.07. The van der Waals surface area contributed by atoms with E-state index < -0.39 is 11.1 Å². The lowest BCUT2D eigenvalue weighted by Crippen LogP contribution is -2.33. The molecule has 1 aromatic carbocycles. The van der Waals surface area contributed by atoms with Crippen LogP contribution in [0.15, 0.2) is 37.8 Å². The number of benzene rings is 1. The summed E-state index contributed by atoms with van der Waals surface area (Å²) in [6.07, 6.45) is 0.683. The molecule has 19 heavy (non-hydrogen) atoms. The summed E-state index contributed by atoms with van der Waals surface area (Å²) in [7, 11) is 1.54. The zero-order valence-corrected chi connectivity index (χ0v) is 11.3. The average Bonchev–Trinajstić information content (AvgIpc) is 2.36. The summed E-state index contributed by atoms with van der Waals surface area (Å²) in [6, 6.07) is 4.75. The Morgan fingerprint density at radius 3 is 2.84 bits per heavy atom. The van der Waals surface area contributed by atoms with Gasteiger partial charge in [-0.05, 0) is 30.0 Å². The van der Waals surface area contributed by atoms with Crippen molar-refractivity contribution in [3.8, 4) is 0 Å². The fourth-order valence-corrected chi connectivity index (χ4v) is 2.51. The predicted octanol–water partition coefficient (Wildman–Crippen LogP) is 1.09. The number of carbonyl (C=O) groups excluding carboxylic acids is 1. The molecule has 1 heterocycles. The van der Waals surface area contributed by atoms with Gasteiger partial charge < -0.3 is 0 Å². The molecule has 0 fully saturated rings. The maximum absolute atomic E-state index is 11.2. The Bertz CT molecular complexity index is 754. The van der Waals surface area contributed by atoms with Crippen LogP contribution >= 0.6 is 23.4 Å². The molecule has 0 aliphatic rings. The summed E-state index contributed by atoms with van der Waals surface area (Å²) in [6.45, 7) is 0. The minimum atomic E-state index is -0.879. The lowest BCUT2D eigenvalue weighted by atomic mass is 10.2. The van der Waals surface area contributed by atoms with Crippen molar-refractivity contribution in [2.75, 3.05) is 0 Å². The Kier molecular flexibility index (Phi) is 3.87. The summed E-state index contributed by atoms with van der Waals surface area (Å²) in [5, 5.41) is 3.04. The molecule has 0 aliphatic heterocycles. The number of aldehydes is 1. The van der Waals surface area contributed by atoms with Gasteiger partial charge in [-0.15, -0.1) is 0 Å². The highest BCUT2D eigenvalue weighted by Crippen LogP contribution is 2.29. The first kappa shape index (κ1) is 13.6. The highest BCUT2D eigenvalue weighted by Gasteiger charge is 2.10. The van der Waals surface area contributed by atoms with E-state index in [0.717, 1.165) is 11.8 Å². The van der Waals surface area contributed by atoms with Gasteiger partial charge in [0.15, 0.2) is 11.4 Å². The molecule has 1 aromatic heterocycles. The normalized spacial score (nSPS) is 10.4. The van der Waals surface area contributed by atoms with Crippen molar-refractivity contribution in [1.82, 2.24) is 14.8 Å². The molecule has 0 spiro atoms. The molecule has 0 saturated heterocycles. The van der Waals surface area contributed by atoms with Crippen LogP contribution in [0, 0.1) is 0 Å². The second-order valence-electron chi connectivity index (χ2n) is 3.60. The number of rotatable bonds is 3. The number of aromatic amines is 1. The number of H-pyrrole nitrogens is 1. The number of aryl methyl sites for hydroxylation is 1. The summed E-state index contributed by atoms with van der Waals surface area (Å²) in [5.74, 6) is 0. The van der Waals surface area contributed by atoms with E-state index in [4.69, 9.17) is 11.6 Å². The summed E-state index contributed by atoms with van der Waals surface area (Å²) in [5.41, 5.74) is -1.25. The van der Waals surface area contributed by atoms with Crippen LogP contribution in [-0.4, -0.2) is 21.1 Å². The molecule has 0 unspecified atom stereocenters. The van der Waals surface area contributed by atoms with Crippen LogP contribution < -0.4 is 11.1 Å². The first-order chi connectivity index (χ1) is 9.01. The van der Waals surface area contributed by atoms with E-state index in [1.54, 1.807) is 25.2 Å². The minimum Gasteiger partial charge on any atom is -0.298 e. The van der Waals surface area contributed by atoms with Crippen LogP contribution in [0.25, 0.3) is 0 Å². The molecule has 8 heteroatoms. The SMILES string of the molecule is Cn1[nH]c(=O)c(=O)nc1Sc1cc(Cl)ccc1C=O. The summed E-state index contributed by atoms with van der Waals surface area (Å²) < 4.78 is 1.31. The van der Waals surface area contributed by atoms with Crippen molar-refractivity contribution in [2.24, 2.45) is 7.05 Å². The van der Waals surface area contributed by atoms with Crippen molar-refractivity contribution in [3.05, 3.63) is 49.5 Å². The molecule has 0 radical (unpaired) electrons. The molecule has 0 aliphatic carbocycles. The second-order valence-corrected chi connectivity index (χ2v) is 5.05. The molecule has 0 saturated carbocycles. The number of carbonyl (C=O) groups is 1. The zero-order valence-electron chi connectivity index (χ0n) is 9.71. The van der Waals surface area contributed by atoms with Crippen LogP contribution in [0.4, 0.5) is 0 Å². The van der Waals surface area contributed by atoms with Crippen molar-refractivity contribution >= 4 is 29.6 Å². The second kappa shape index (κ2) is 5.41. The van der Waals surface area contributed by atoms with Crippen LogP contribution in [0.3, 0.4) is 0 Å². The van der Waals surface area contributed by atoms with E-state index in [9.17, 15) is 14.4 Å². The molecular weight excluding hydrogens is 290 g/mol. The number of hydrogen-bond acceptors (Lipinski definition) is 5. The molecule has 0 atom stereocenters. The van der Waals surface area contributed by atoms with Gasteiger partial charge in [0, 0.05) is 22.5 Å². The fourth-order valence-electron chi connectivity index (χ4n) is 1.34. The van der Waals surface area contributed by atoms with E-state index >= 15 is 0 Å². The fraction of sp³-hybridized carbons (Fsp3) is 0.0909. The van der Waals surface area contributed by atoms with Gasteiger partial charge in [-0.1, -0.05) is 11.6 Å². The van der Waals surface area contributed by atoms with Gasteiger partial charge in [0.2, 0.25) is 0 Å². The van der Waals surface area contributed by atoms with Gasteiger partial charge in [-0.2, -0.15) is 4.98 Å². The standard InChI is InChI=1S/C11H8ClN3O3S/c1-15-11(13-9(17)10(18)14-15)19-8-4-7(12)3-2-6(8)5-16/h2-5H,1H3,(H,14,18). The first-order valence-electron chi connectivity index (χ1n) is 5.11. The monoisotopic (exact) mass is 297 g/mol. The molecular formula is C11H8ClN3O3S. The lowest BCUT2D eigenvalue weighted by molar-refractivity contribution is 0.112. The Labute approximate surface area is 116 Å². The van der Waals surface area contributed by atoms with E-state index in [0.29, 0.717) is 21.8 Å². The van der Waals surface area contributed by atoms with Gasteiger partial charge in [0.25, 0.3) is 0 Å². The van der Waals surface area contributed by atoms with Gasteiger partial charge in [-0.25, -0.2) is 0 Å². The van der Waals surface area contributed by atoms with Crippen molar-refractivity contribution < 1.29 is 4.79 Å². The van der Waals surface area contributed by atoms with Gasteiger partial charge in [0.1, 0.15) is 0 Å². The highest BCUT2D eigenvalue weighted by atomic mass is 35.5. The number of nitrogens with one attached hydrogen (secondary N) is 1. The van der Waals surface area contributed by atoms with Crippen molar-refractivity contribution in [1.29, 1.82) is 0 Å². The van der Waals surface area contributed by atoms with E-state index in [1.165, 1.54) is 4.68 Å². The Balaban J connectivity index is 2.49. The van der Waals surface area contributed by atoms with Crippen LogP contribution in [0.5, 0.6) is 0 Å². The zero-order chi connectivity index (χ0) is 14.0. The van der Waals surface area contributed by atoms with Crippen LogP contribution in [0.2, 0.25) is 5.02 Å². The molecule has 0 bridgehead atoms. The first-order valence-corrected chi connectivity index (χ1v) is 6.30. The van der Waals surface area contributed by atoms with Gasteiger partial charge in [0.05, 0.1) is 0 Å². The van der Waals surface area contributed by atoms with Crippen molar-refractivity contribution in [3.63, 3.8) is 0 Å². The minimum absolute atomic E-state index is 0.259. The molecule has 1 N–H and O–H groups in total. The van der Waals surface area contributed by atoms with Crippen LogP contribution in [-0.2, 0) is 7.05 Å². The third kappa shape index (κ3) is 2.94. The van der Waals surface area contributed by atoms with E-state index in [2.05, 4.69) is 10.1 Å². The number of hydrogen-bond donors (Lipinski definition) is 1. The predicted molar refractivity (Wildman–Crippen MR) is 71.1 cm³/mol. The molecule has 98 valence electrons. The number of aromatic nitrogens is 3. The van der Waals surface area contributed by atoms with E-state index in [-0.39, 0.29) is 5.16 Å². The Hall–Kier alpha value is -1.86. The third-order valence-corrected chi connectivity index (χ3v) is 3.61. The maximum atomic E-state index is 11.2. The molecule has 2 aromatic rings. The van der Waals surface area contributed by atoms with Crippen LogP contribution in [0.1, 0.15) is 10.4 Å². The average molecular weight is 298 g/mol. The maximum Gasteiger partial charge on any atom is 0.339 e. The third-order valence-electron chi connectivity index (χ3n) is 2.25. The number of nitrogens with zero attached hydrogens (tertiary/aromatic N) is 2. The Morgan fingerprint density at radius 2 is 2.16 bits per heavy atom. The topological polar surface area (TPSA) is 84.8 Å². The van der Waals surface area contributed by atoms with E-state index in [1.807, 2.05) is 0 Å². The smallest absolute Gasteiger partial charge is 0.298 e. The Morgan fingerprint density at radius 1 is 1.42 bits per heavy atom. The largest absolute Gasteiger partial charge is 0.339 e.